The monoisotopic (exact) mass is 271 g/mol. The maximum absolute atomic E-state index is 10.4. The number of aliphatic hydroxyl groups excluding tert-OH is 1. The minimum absolute atomic E-state index is 0.471. The zero-order valence-electron chi connectivity index (χ0n) is 12.3. The summed E-state index contributed by atoms with van der Waals surface area (Å²) in [5.74, 6) is 0.864. The minimum atomic E-state index is -0.471. The molecule has 1 aromatic heterocycles. The molecule has 3 nitrogen and oxygen atoms in total. The predicted octanol–water partition coefficient (Wildman–Crippen LogP) is 3.37. The standard InChI is InChI=1S/C17H21NO2/c1-12-11-17(20-3)13(2)10-15(12)16(19)8-7-14-6-4-5-9-18-14/h4-6,9-11,16,19H,7-8H2,1-3H3. The number of hydrogen-bond donors (Lipinski definition) is 1. The van der Waals surface area contributed by atoms with Crippen molar-refractivity contribution in [2.75, 3.05) is 7.11 Å². The van der Waals surface area contributed by atoms with Crippen molar-refractivity contribution in [1.82, 2.24) is 4.98 Å². The fourth-order valence-electron chi connectivity index (χ4n) is 2.38. The van der Waals surface area contributed by atoms with Crippen molar-refractivity contribution in [2.45, 2.75) is 32.8 Å². The van der Waals surface area contributed by atoms with Crippen molar-refractivity contribution in [1.29, 1.82) is 0 Å². The van der Waals surface area contributed by atoms with Crippen molar-refractivity contribution in [3.05, 3.63) is 58.9 Å². The molecule has 0 spiro atoms. The third-order valence-electron chi connectivity index (χ3n) is 3.54. The molecule has 1 N–H and O–H groups in total. The van der Waals surface area contributed by atoms with Gasteiger partial charge < -0.3 is 9.84 Å². The molecule has 1 heterocycles. The van der Waals surface area contributed by atoms with Gasteiger partial charge in [-0.15, -0.1) is 0 Å². The number of nitrogens with zero attached hydrogens (tertiary/aromatic N) is 1. The molecule has 0 saturated carbocycles. The molecule has 1 unspecified atom stereocenters. The van der Waals surface area contributed by atoms with Crippen LogP contribution in [-0.2, 0) is 6.42 Å². The van der Waals surface area contributed by atoms with E-state index in [1.807, 2.05) is 44.2 Å². The average molecular weight is 271 g/mol. The first-order valence-corrected chi connectivity index (χ1v) is 6.85. The lowest BCUT2D eigenvalue weighted by atomic mass is 9.96. The number of aliphatic hydroxyl groups is 1. The van der Waals surface area contributed by atoms with Gasteiger partial charge in [-0.05, 0) is 67.6 Å². The van der Waals surface area contributed by atoms with Crippen LogP contribution in [0.4, 0.5) is 0 Å². The highest BCUT2D eigenvalue weighted by Crippen LogP contribution is 2.28. The van der Waals surface area contributed by atoms with Crippen LogP contribution < -0.4 is 4.74 Å². The number of hydrogen-bond acceptors (Lipinski definition) is 3. The van der Waals surface area contributed by atoms with Crippen LogP contribution in [0.2, 0.25) is 0 Å². The molecule has 1 aromatic carbocycles. The second-order valence-electron chi connectivity index (χ2n) is 5.05. The third kappa shape index (κ3) is 3.36. The van der Waals surface area contributed by atoms with E-state index in [4.69, 9.17) is 4.74 Å². The quantitative estimate of drug-likeness (QED) is 0.906. The Hall–Kier alpha value is -1.87. The number of aromatic nitrogens is 1. The van der Waals surface area contributed by atoms with Crippen molar-refractivity contribution in [3.63, 3.8) is 0 Å². The first-order valence-electron chi connectivity index (χ1n) is 6.85. The Labute approximate surface area is 120 Å². The normalized spacial score (nSPS) is 12.2. The van der Waals surface area contributed by atoms with Gasteiger partial charge >= 0.3 is 0 Å². The van der Waals surface area contributed by atoms with Gasteiger partial charge in [-0.1, -0.05) is 6.07 Å². The van der Waals surface area contributed by atoms with Gasteiger partial charge in [-0.2, -0.15) is 0 Å². The lowest BCUT2D eigenvalue weighted by Gasteiger charge is -2.16. The number of ether oxygens (including phenoxy) is 1. The summed E-state index contributed by atoms with van der Waals surface area (Å²) in [5.41, 5.74) is 4.08. The summed E-state index contributed by atoms with van der Waals surface area (Å²) in [6, 6.07) is 9.85. The van der Waals surface area contributed by atoms with Crippen molar-refractivity contribution in [2.24, 2.45) is 0 Å². The van der Waals surface area contributed by atoms with E-state index in [2.05, 4.69) is 4.98 Å². The Morgan fingerprint density at radius 2 is 2.00 bits per heavy atom. The number of aryl methyl sites for hydroxylation is 3. The van der Waals surface area contributed by atoms with Crippen molar-refractivity contribution in [3.8, 4) is 5.75 Å². The Bertz CT molecular complexity index is 567. The molecule has 106 valence electrons. The van der Waals surface area contributed by atoms with Crippen molar-refractivity contribution < 1.29 is 9.84 Å². The van der Waals surface area contributed by atoms with Crippen molar-refractivity contribution >= 4 is 0 Å². The lowest BCUT2D eigenvalue weighted by molar-refractivity contribution is 0.166. The average Bonchev–Trinajstić information content (AvgIpc) is 2.47. The SMILES string of the molecule is COc1cc(C)c(C(O)CCc2ccccn2)cc1C. The molecule has 0 amide bonds. The Morgan fingerprint density at radius 1 is 1.20 bits per heavy atom. The van der Waals surface area contributed by atoms with Crippen LogP contribution in [0.5, 0.6) is 5.75 Å². The molecule has 2 aromatic rings. The molecule has 0 aliphatic carbocycles. The van der Waals surface area contributed by atoms with Gasteiger partial charge in [-0.3, -0.25) is 4.98 Å². The highest BCUT2D eigenvalue weighted by Gasteiger charge is 2.13. The zero-order valence-corrected chi connectivity index (χ0v) is 12.3. The first-order chi connectivity index (χ1) is 9.61. The van der Waals surface area contributed by atoms with E-state index in [-0.39, 0.29) is 0 Å². The van der Waals surface area contributed by atoms with Gasteiger partial charge in [0.1, 0.15) is 5.75 Å². The smallest absolute Gasteiger partial charge is 0.122 e. The summed E-state index contributed by atoms with van der Waals surface area (Å²) in [5, 5.41) is 10.4. The van der Waals surface area contributed by atoms with Crippen LogP contribution in [-0.4, -0.2) is 17.2 Å². The van der Waals surface area contributed by atoms with Gasteiger partial charge in [0.25, 0.3) is 0 Å². The molecule has 2 rings (SSSR count). The zero-order chi connectivity index (χ0) is 14.5. The number of pyridine rings is 1. The summed E-state index contributed by atoms with van der Waals surface area (Å²) in [6.07, 6.45) is 2.75. The van der Waals surface area contributed by atoms with Gasteiger partial charge in [0.05, 0.1) is 13.2 Å². The van der Waals surface area contributed by atoms with E-state index < -0.39 is 6.10 Å². The van der Waals surface area contributed by atoms with E-state index in [0.29, 0.717) is 6.42 Å². The van der Waals surface area contributed by atoms with E-state index in [1.54, 1.807) is 13.3 Å². The van der Waals surface area contributed by atoms with Gasteiger partial charge in [0.2, 0.25) is 0 Å². The molecule has 3 heteroatoms. The molecule has 0 aliphatic heterocycles. The van der Waals surface area contributed by atoms with Crippen LogP contribution in [0.1, 0.15) is 34.9 Å². The minimum Gasteiger partial charge on any atom is -0.496 e. The summed E-state index contributed by atoms with van der Waals surface area (Å²) >= 11 is 0. The van der Waals surface area contributed by atoms with Crippen LogP contribution in [0.25, 0.3) is 0 Å². The van der Waals surface area contributed by atoms with E-state index >= 15 is 0 Å². The molecular weight excluding hydrogens is 250 g/mol. The van der Waals surface area contributed by atoms with E-state index in [9.17, 15) is 5.11 Å². The fourth-order valence-corrected chi connectivity index (χ4v) is 2.38. The molecular formula is C17H21NO2. The number of rotatable bonds is 5. The summed E-state index contributed by atoms with van der Waals surface area (Å²) < 4.78 is 5.30. The molecule has 0 saturated heterocycles. The highest BCUT2D eigenvalue weighted by atomic mass is 16.5. The largest absolute Gasteiger partial charge is 0.496 e. The van der Waals surface area contributed by atoms with E-state index in [1.165, 1.54) is 0 Å². The summed E-state index contributed by atoms with van der Waals surface area (Å²) in [4.78, 5) is 4.28. The van der Waals surface area contributed by atoms with Crippen LogP contribution >= 0.6 is 0 Å². The molecule has 0 radical (unpaired) electrons. The third-order valence-corrected chi connectivity index (χ3v) is 3.54. The first kappa shape index (κ1) is 14.5. The predicted molar refractivity (Wildman–Crippen MR) is 80.0 cm³/mol. The number of benzene rings is 1. The second kappa shape index (κ2) is 6.53. The summed E-state index contributed by atoms with van der Waals surface area (Å²) in [6.45, 7) is 3.99. The number of methoxy groups -OCH3 is 1. The van der Waals surface area contributed by atoms with Gasteiger partial charge in [-0.25, -0.2) is 0 Å². The lowest BCUT2D eigenvalue weighted by Crippen LogP contribution is -2.04. The van der Waals surface area contributed by atoms with Gasteiger partial charge in [0, 0.05) is 11.9 Å². The highest BCUT2D eigenvalue weighted by molar-refractivity contribution is 5.42. The molecule has 0 aliphatic rings. The summed E-state index contributed by atoms with van der Waals surface area (Å²) in [7, 11) is 1.67. The second-order valence-corrected chi connectivity index (χ2v) is 5.05. The fraction of sp³-hybridized carbons (Fsp3) is 0.353. The maximum Gasteiger partial charge on any atom is 0.122 e. The topological polar surface area (TPSA) is 42.4 Å². The molecule has 0 fully saturated rings. The molecule has 0 bridgehead atoms. The molecule has 1 atom stereocenters. The van der Waals surface area contributed by atoms with E-state index in [0.717, 1.165) is 34.6 Å². The Kier molecular flexibility index (Phi) is 4.74. The van der Waals surface area contributed by atoms with Crippen LogP contribution in [0.15, 0.2) is 36.5 Å². The van der Waals surface area contributed by atoms with Gasteiger partial charge in [0.15, 0.2) is 0 Å². The molecule has 20 heavy (non-hydrogen) atoms. The Morgan fingerprint density at radius 3 is 2.65 bits per heavy atom. The Balaban J connectivity index is 2.09. The van der Waals surface area contributed by atoms with Crippen LogP contribution in [0.3, 0.4) is 0 Å². The maximum atomic E-state index is 10.4. The van der Waals surface area contributed by atoms with Crippen LogP contribution in [0, 0.1) is 13.8 Å².